The SMILES string of the molecule is Nc1ccc2nc(NCC(O)C(F)F)oc2c1. The summed E-state index contributed by atoms with van der Waals surface area (Å²) in [6.45, 7) is -0.333. The Morgan fingerprint density at radius 1 is 1.47 bits per heavy atom. The van der Waals surface area contributed by atoms with Crippen molar-refractivity contribution >= 4 is 22.8 Å². The zero-order chi connectivity index (χ0) is 12.4. The second kappa shape index (κ2) is 4.54. The molecule has 4 N–H and O–H groups in total. The van der Waals surface area contributed by atoms with E-state index >= 15 is 0 Å². The van der Waals surface area contributed by atoms with Crippen molar-refractivity contribution in [3.05, 3.63) is 18.2 Å². The van der Waals surface area contributed by atoms with Gasteiger partial charge in [-0.15, -0.1) is 0 Å². The highest BCUT2D eigenvalue weighted by atomic mass is 19.3. The van der Waals surface area contributed by atoms with Crippen molar-refractivity contribution in [2.45, 2.75) is 12.5 Å². The van der Waals surface area contributed by atoms with Crippen LogP contribution in [-0.4, -0.2) is 29.2 Å². The number of hydrogen-bond donors (Lipinski definition) is 3. The number of hydrogen-bond acceptors (Lipinski definition) is 5. The molecule has 5 nitrogen and oxygen atoms in total. The minimum atomic E-state index is -2.80. The highest BCUT2D eigenvalue weighted by Gasteiger charge is 2.17. The molecule has 92 valence electrons. The molecule has 0 aliphatic carbocycles. The molecule has 2 aromatic rings. The molecule has 1 atom stereocenters. The maximum atomic E-state index is 12.0. The van der Waals surface area contributed by atoms with Crippen molar-refractivity contribution in [1.29, 1.82) is 0 Å². The first-order valence-corrected chi connectivity index (χ1v) is 4.92. The van der Waals surface area contributed by atoms with Gasteiger partial charge in [0.15, 0.2) is 5.58 Å². The number of nitrogens with one attached hydrogen (secondary N) is 1. The van der Waals surface area contributed by atoms with Gasteiger partial charge >= 0.3 is 0 Å². The van der Waals surface area contributed by atoms with Gasteiger partial charge in [0.05, 0.1) is 6.54 Å². The van der Waals surface area contributed by atoms with Crippen molar-refractivity contribution in [2.75, 3.05) is 17.6 Å². The number of alkyl halides is 2. The van der Waals surface area contributed by atoms with Gasteiger partial charge in [0.2, 0.25) is 0 Å². The summed E-state index contributed by atoms with van der Waals surface area (Å²) in [6.07, 6.45) is -4.56. The van der Waals surface area contributed by atoms with Gasteiger partial charge in [-0.3, -0.25) is 0 Å². The number of nitrogens with two attached hydrogens (primary N) is 1. The maximum absolute atomic E-state index is 12.0. The number of fused-ring (bicyclic) bond motifs is 1. The molecule has 17 heavy (non-hydrogen) atoms. The first kappa shape index (κ1) is 11.6. The number of anilines is 2. The Balaban J connectivity index is 2.09. The lowest BCUT2D eigenvalue weighted by atomic mass is 10.3. The van der Waals surface area contributed by atoms with Crippen LogP contribution < -0.4 is 11.1 Å². The number of rotatable bonds is 4. The van der Waals surface area contributed by atoms with Gasteiger partial charge in [-0.25, -0.2) is 8.78 Å². The molecule has 1 aromatic carbocycles. The lowest BCUT2D eigenvalue weighted by Gasteiger charge is -2.08. The predicted molar refractivity (Wildman–Crippen MR) is 58.9 cm³/mol. The molecule has 0 saturated heterocycles. The largest absolute Gasteiger partial charge is 0.423 e. The van der Waals surface area contributed by atoms with E-state index in [1.54, 1.807) is 18.2 Å². The van der Waals surface area contributed by atoms with E-state index in [0.29, 0.717) is 16.8 Å². The van der Waals surface area contributed by atoms with E-state index in [4.69, 9.17) is 15.3 Å². The second-order valence-corrected chi connectivity index (χ2v) is 3.53. The van der Waals surface area contributed by atoms with Crippen LogP contribution in [-0.2, 0) is 0 Å². The number of nitrogen functional groups attached to an aromatic ring is 1. The molecule has 0 saturated carbocycles. The number of nitrogens with zero attached hydrogens (tertiary/aromatic N) is 1. The van der Waals surface area contributed by atoms with Gasteiger partial charge in [0.1, 0.15) is 11.6 Å². The van der Waals surface area contributed by atoms with Crippen LogP contribution >= 0.6 is 0 Å². The first-order chi connectivity index (χ1) is 8.06. The Hall–Kier alpha value is -1.89. The number of oxazole rings is 1. The second-order valence-electron chi connectivity index (χ2n) is 3.53. The van der Waals surface area contributed by atoms with Gasteiger partial charge in [-0.1, -0.05) is 0 Å². The fraction of sp³-hybridized carbons (Fsp3) is 0.300. The fourth-order valence-corrected chi connectivity index (χ4v) is 1.30. The van der Waals surface area contributed by atoms with E-state index in [9.17, 15) is 8.78 Å². The van der Waals surface area contributed by atoms with Gasteiger partial charge in [0.25, 0.3) is 12.4 Å². The van der Waals surface area contributed by atoms with Gasteiger partial charge < -0.3 is 20.6 Å². The predicted octanol–water partition coefficient (Wildman–Crippen LogP) is 1.45. The lowest BCUT2D eigenvalue weighted by molar-refractivity contribution is 0.00362. The Morgan fingerprint density at radius 2 is 2.24 bits per heavy atom. The average Bonchev–Trinajstić information content (AvgIpc) is 2.67. The van der Waals surface area contributed by atoms with Crippen molar-refractivity contribution < 1.29 is 18.3 Å². The normalized spacial score (nSPS) is 13.2. The minimum Gasteiger partial charge on any atom is -0.423 e. The third-order valence-corrected chi connectivity index (χ3v) is 2.17. The van der Waals surface area contributed by atoms with Crippen LogP contribution in [0.2, 0.25) is 0 Å². The number of aromatic nitrogens is 1. The van der Waals surface area contributed by atoms with Gasteiger partial charge in [-0.2, -0.15) is 4.98 Å². The zero-order valence-electron chi connectivity index (χ0n) is 8.73. The minimum absolute atomic E-state index is 0.0744. The van der Waals surface area contributed by atoms with Crippen molar-refractivity contribution in [2.24, 2.45) is 0 Å². The Morgan fingerprint density at radius 3 is 2.94 bits per heavy atom. The maximum Gasteiger partial charge on any atom is 0.295 e. The number of benzene rings is 1. The zero-order valence-corrected chi connectivity index (χ0v) is 8.73. The van der Waals surface area contributed by atoms with E-state index in [1.165, 1.54) is 0 Å². The van der Waals surface area contributed by atoms with Crippen LogP contribution in [0, 0.1) is 0 Å². The molecule has 2 rings (SSSR count). The summed E-state index contributed by atoms with van der Waals surface area (Å²) >= 11 is 0. The van der Waals surface area contributed by atoms with E-state index in [1.807, 2.05) is 0 Å². The molecule has 1 heterocycles. The van der Waals surface area contributed by atoms with E-state index in [-0.39, 0.29) is 12.6 Å². The smallest absolute Gasteiger partial charge is 0.295 e. The van der Waals surface area contributed by atoms with Crippen LogP contribution in [0.25, 0.3) is 11.1 Å². The summed E-state index contributed by atoms with van der Waals surface area (Å²) in [7, 11) is 0. The molecule has 0 aliphatic rings. The quantitative estimate of drug-likeness (QED) is 0.708. The standard InChI is InChI=1S/C10H11F2N3O2/c11-9(12)7(16)4-14-10-15-6-2-1-5(13)3-8(6)17-10/h1-3,7,9,16H,4,13H2,(H,14,15). The van der Waals surface area contributed by atoms with E-state index in [2.05, 4.69) is 10.3 Å². The van der Waals surface area contributed by atoms with Crippen molar-refractivity contribution in [1.82, 2.24) is 4.98 Å². The average molecular weight is 243 g/mol. The van der Waals surface area contributed by atoms with Crippen LogP contribution in [0.1, 0.15) is 0 Å². The Kier molecular flexibility index (Phi) is 3.10. The molecule has 0 aliphatic heterocycles. The van der Waals surface area contributed by atoms with Crippen molar-refractivity contribution in [3.8, 4) is 0 Å². The van der Waals surface area contributed by atoms with E-state index < -0.39 is 12.5 Å². The molecule has 1 unspecified atom stereocenters. The third-order valence-electron chi connectivity index (χ3n) is 2.17. The molecule has 0 fully saturated rings. The Labute approximate surface area is 95.2 Å². The van der Waals surface area contributed by atoms with Crippen LogP contribution in [0.5, 0.6) is 0 Å². The monoisotopic (exact) mass is 243 g/mol. The summed E-state index contributed by atoms with van der Waals surface area (Å²) in [5.74, 6) is 0. The number of aliphatic hydroxyl groups is 1. The van der Waals surface area contributed by atoms with Crippen molar-refractivity contribution in [3.63, 3.8) is 0 Å². The number of aliphatic hydroxyl groups excluding tert-OH is 1. The van der Waals surface area contributed by atoms with Gasteiger partial charge in [-0.05, 0) is 12.1 Å². The lowest BCUT2D eigenvalue weighted by Crippen LogP contribution is -2.26. The van der Waals surface area contributed by atoms with Crippen LogP contribution in [0.15, 0.2) is 22.6 Å². The molecule has 0 amide bonds. The summed E-state index contributed by atoms with van der Waals surface area (Å²) in [5, 5.41) is 11.4. The molecular formula is C10H11F2N3O2. The first-order valence-electron chi connectivity index (χ1n) is 4.92. The highest BCUT2D eigenvalue weighted by Crippen LogP contribution is 2.21. The summed E-state index contributed by atoms with van der Waals surface area (Å²) in [6, 6.07) is 4.97. The number of halogens is 2. The summed E-state index contributed by atoms with van der Waals surface area (Å²) in [4.78, 5) is 4.00. The molecule has 1 aromatic heterocycles. The molecule has 0 spiro atoms. The fourth-order valence-electron chi connectivity index (χ4n) is 1.30. The Bertz CT molecular complexity index is 515. The van der Waals surface area contributed by atoms with Crippen LogP contribution in [0.4, 0.5) is 20.5 Å². The molecular weight excluding hydrogens is 232 g/mol. The third kappa shape index (κ3) is 2.62. The van der Waals surface area contributed by atoms with Gasteiger partial charge in [0, 0.05) is 11.8 Å². The van der Waals surface area contributed by atoms with Crippen LogP contribution in [0.3, 0.4) is 0 Å². The van der Waals surface area contributed by atoms with E-state index in [0.717, 1.165) is 0 Å². The molecule has 7 heteroatoms. The topological polar surface area (TPSA) is 84.3 Å². The molecule has 0 bridgehead atoms. The molecule has 0 radical (unpaired) electrons. The summed E-state index contributed by atoms with van der Waals surface area (Å²) < 4.78 is 29.3. The highest BCUT2D eigenvalue weighted by molar-refractivity contribution is 5.78. The summed E-state index contributed by atoms with van der Waals surface area (Å²) in [5.41, 5.74) is 7.09.